The molecule has 1 aromatic rings. The Kier molecular flexibility index (Phi) is 3.40. The maximum Gasteiger partial charge on any atom is 0.246 e. The highest BCUT2D eigenvalue weighted by Gasteiger charge is 2.62. The minimum Gasteiger partial charge on any atom is -0.378 e. The van der Waals surface area contributed by atoms with Gasteiger partial charge < -0.3 is 15.8 Å². The molecule has 2 rings (SSSR count). The zero-order chi connectivity index (χ0) is 14.3. The van der Waals surface area contributed by atoms with Gasteiger partial charge in [-0.05, 0) is 6.92 Å². The van der Waals surface area contributed by atoms with Crippen LogP contribution in [0.25, 0.3) is 0 Å². The minimum atomic E-state index is -0.912. The summed E-state index contributed by atoms with van der Waals surface area (Å²) < 4.78 is 7.25. The summed E-state index contributed by atoms with van der Waals surface area (Å²) in [6, 6.07) is 1.74. The number of nitrogens with two attached hydrogens (primary N) is 1. The summed E-state index contributed by atoms with van der Waals surface area (Å²) in [5, 5.41) is 6.90. The van der Waals surface area contributed by atoms with Crippen LogP contribution in [-0.4, -0.2) is 33.9 Å². The Hall–Kier alpha value is -1.40. The smallest absolute Gasteiger partial charge is 0.246 e. The average molecular weight is 266 g/mol. The zero-order valence-electron chi connectivity index (χ0n) is 11.9. The van der Waals surface area contributed by atoms with Crippen molar-refractivity contribution >= 4 is 11.7 Å². The lowest BCUT2D eigenvalue weighted by atomic mass is 9.54. The maximum atomic E-state index is 12.4. The molecule has 6 heteroatoms. The van der Waals surface area contributed by atoms with Gasteiger partial charge in [0, 0.05) is 37.8 Å². The van der Waals surface area contributed by atoms with E-state index in [0.29, 0.717) is 18.8 Å². The molecule has 0 bridgehead atoms. The van der Waals surface area contributed by atoms with Gasteiger partial charge in [-0.2, -0.15) is 5.10 Å². The van der Waals surface area contributed by atoms with Crippen LogP contribution in [0.4, 0.5) is 5.82 Å². The molecular weight excluding hydrogens is 244 g/mol. The van der Waals surface area contributed by atoms with Gasteiger partial charge in [0.15, 0.2) is 5.82 Å². The molecule has 19 heavy (non-hydrogen) atoms. The highest BCUT2D eigenvalue weighted by Crippen LogP contribution is 2.50. The number of aryl methyl sites for hydroxylation is 1. The fraction of sp³-hybridized carbons (Fsp3) is 0.692. The van der Waals surface area contributed by atoms with Crippen molar-refractivity contribution in [3.05, 3.63) is 12.3 Å². The third kappa shape index (κ3) is 2.15. The lowest BCUT2D eigenvalue weighted by Gasteiger charge is -2.57. The topological polar surface area (TPSA) is 82.2 Å². The number of hydrogen-bond acceptors (Lipinski definition) is 4. The van der Waals surface area contributed by atoms with Crippen LogP contribution in [-0.2, 0) is 16.6 Å². The third-order valence-electron chi connectivity index (χ3n) is 4.19. The number of ether oxygens (including phenoxy) is 1. The molecule has 0 aliphatic heterocycles. The van der Waals surface area contributed by atoms with Gasteiger partial charge in [0.05, 0.1) is 6.10 Å². The highest BCUT2D eigenvalue weighted by molar-refractivity contribution is 5.99. The molecule has 1 heterocycles. The number of amides is 1. The summed E-state index contributed by atoms with van der Waals surface area (Å²) in [6.45, 7) is 6.51. The second-order valence-electron chi connectivity index (χ2n) is 5.67. The molecule has 2 atom stereocenters. The number of nitrogens with one attached hydrogen (secondary N) is 1. The van der Waals surface area contributed by atoms with E-state index >= 15 is 0 Å². The van der Waals surface area contributed by atoms with E-state index in [1.165, 1.54) is 0 Å². The molecule has 3 N–H and O–H groups in total. The van der Waals surface area contributed by atoms with E-state index in [2.05, 4.69) is 10.4 Å². The standard InChI is InChI=1S/C13H22N4O2/c1-5-19-9-8-13(14,12(9,2)3)11(18)15-10-6-7-17(4)16-10/h6-7,9H,5,8,14H2,1-4H3,(H,15,16,18). The number of carbonyl (C=O) groups excluding carboxylic acids is 1. The SMILES string of the molecule is CCOC1CC(N)(C(=O)Nc2ccn(C)n2)C1(C)C. The van der Waals surface area contributed by atoms with Crippen LogP contribution in [0, 0.1) is 5.41 Å². The van der Waals surface area contributed by atoms with Crippen LogP contribution < -0.4 is 11.1 Å². The summed E-state index contributed by atoms with van der Waals surface area (Å²) in [5.74, 6) is 0.320. The van der Waals surface area contributed by atoms with Gasteiger partial charge in [0.2, 0.25) is 5.91 Å². The lowest BCUT2D eigenvalue weighted by molar-refractivity contribution is -0.166. The van der Waals surface area contributed by atoms with Crippen molar-refractivity contribution in [3.63, 3.8) is 0 Å². The quantitative estimate of drug-likeness (QED) is 0.848. The maximum absolute atomic E-state index is 12.4. The number of rotatable bonds is 4. The van der Waals surface area contributed by atoms with Gasteiger partial charge in [0.1, 0.15) is 5.54 Å². The summed E-state index contributed by atoms with van der Waals surface area (Å²) in [6.07, 6.45) is 2.33. The van der Waals surface area contributed by atoms with Crippen LogP contribution in [0.3, 0.4) is 0 Å². The Balaban J connectivity index is 2.07. The first-order chi connectivity index (χ1) is 8.81. The van der Waals surface area contributed by atoms with E-state index in [1.807, 2.05) is 20.8 Å². The average Bonchev–Trinajstić information content (AvgIpc) is 2.74. The first kappa shape index (κ1) is 14.0. The zero-order valence-corrected chi connectivity index (χ0v) is 11.9. The molecule has 1 aromatic heterocycles. The Morgan fingerprint density at radius 2 is 2.37 bits per heavy atom. The second-order valence-corrected chi connectivity index (χ2v) is 5.67. The molecule has 0 radical (unpaired) electrons. The summed E-state index contributed by atoms with van der Waals surface area (Å²) >= 11 is 0. The molecule has 0 spiro atoms. The van der Waals surface area contributed by atoms with E-state index in [4.69, 9.17) is 10.5 Å². The number of hydrogen-bond donors (Lipinski definition) is 2. The van der Waals surface area contributed by atoms with Crippen molar-refractivity contribution in [2.45, 2.75) is 38.8 Å². The normalized spacial score (nSPS) is 28.8. The first-order valence-electron chi connectivity index (χ1n) is 6.53. The predicted octanol–water partition coefficient (Wildman–Crippen LogP) is 0.891. The van der Waals surface area contributed by atoms with Crippen molar-refractivity contribution in [2.24, 2.45) is 18.2 Å². The Bertz CT molecular complexity index is 483. The largest absolute Gasteiger partial charge is 0.378 e. The van der Waals surface area contributed by atoms with Gasteiger partial charge in [-0.25, -0.2) is 0 Å². The molecule has 2 unspecified atom stereocenters. The number of anilines is 1. The van der Waals surface area contributed by atoms with E-state index in [1.54, 1.807) is 24.0 Å². The molecule has 1 aliphatic rings. The summed E-state index contributed by atoms with van der Waals surface area (Å²) in [7, 11) is 1.80. The van der Waals surface area contributed by atoms with Crippen LogP contribution in [0.15, 0.2) is 12.3 Å². The fourth-order valence-corrected chi connectivity index (χ4v) is 2.53. The first-order valence-corrected chi connectivity index (χ1v) is 6.53. The molecular formula is C13H22N4O2. The highest BCUT2D eigenvalue weighted by atomic mass is 16.5. The Labute approximate surface area is 113 Å². The van der Waals surface area contributed by atoms with Gasteiger partial charge in [-0.15, -0.1) is 0 Å². The lowest BCUT2D eigenvalue weighted by Crippen LogP contribution is -2.74. The molecule has 6 nitrogen and oxygen atoms in total. The number of nitrogens with zero attached hydrogens (tertiary/aromatic N) is 2. The summed E-state index contributed by atoms with van der Waals surface area (Å²) in [4.78, 5) is 12.4. The molecule has 1 amide bonds. The number of aromatic nitrogens is 2. The molecule has 106 valence electrons. The minimum absolute atomic E-state index is 0.0250. The number of carbonyl (C=O) groups is 1. The van der Waals surface area contributed by atoms with Gasteiger partial charge in [-0.1, -0.05) is 13.8 Å². The van der Waals surface area contributed by atoms with E-state index < -0.39 is 5.54 Å². The van der Waals surface area contributed by atoms with Crippen LogP contribution in [0.5, 0.6) is 0 Å². The Morgan fingerprint density at radius 3 is 2.84 bits per heavy atom. The summed E-state index contributed by atoms with van der Waals surface area (Å²) in [5.41, 5.74) is 4.97. The van der Waals surface area contributed by atoms with Crippen LogP contribution in [0.2, 0.25) is 0 Å². The third-order valence-corrected chi connectivity index (χ3v) is 4.19. The van der Waals surface area contributed by atoms with Crippen molar-refractivity contribution in [1.29, 1.82) is 0 Å². The van der Waals surface area contributed by atoms with E-state index in [-0.39, 0.29) is 17.4 Å². The molecule has 0 saturated heterocycles. The van der Waals surface area contributed by atoms with Gasteiger partial charge in [0.25, 0.3) is 0 Å². The van der Waals surface area contributed by atoms with E-state index in [0.717, 1.165) is 0 Å². The van der Waals surface area contributed by atoms with E-state index in [9.17, 15) is 4.79 Å². The van der Waals surface area contributed by atoms with Crippen LogP contribution >= 0.6 is 0 Å². The molecule has 1 saturated carbocycles. The van der Waals surface area contributed by atoms with Crippen molar-refractivity contribution < 1.29 is 9.53 Å². The predicted molar refractivity (Wildman–Crippen MR) is 72.6 cm³/mol. The van der Waals surface area contributed by atoms with Crippen molar-refractivity contribution in [3.8, 4) is 0 Å². The van der Waals surface area contributed by atoms with Crippen molar-refractivity contribution in [1.82, 2.24) is 9.78 Å². The van der Waals surface area contributed by atoms with Crippen molar-refractivity contribution in [2.75, 3.05) is 11.9 Å². The van der Waals surface area contributed by atoms with Gasteiger partial charge in [-0.3, -0.25) is 9.48 Å². The Morgan fingerprint density at radius 1 is 1.68 bits per heavy atom. The van der Waals surface area contributed by atoms with Gasteiger partial charge >= 0.3 is 0 Å². The fourth-order valence-electron chi connectivity index (χ4n) is 2.53. The van der Waals surface area contributed by atoms with Crippen LogP contribution in [0.1, 0.15) is 27.2 Å². The molecule has 0 aromatic carbocycles. The molecule has 1 aliphatic carbocycles. The second kappa shape index (κ2) is 4.61. The monoisotopic (exact) mass is 266 g/mol. The molecule has 1 fully saturated rings.